The highest BCUT2D eigenvalue weighted by Crippen LogP contribution is 2.18. The number of pyridine rings is 1. The van der Waals surface area contributed by atoms with E-state index in [1.54, 1.807) is 24.3 Å². The average Bonchev–Trinajstić information content (AvgIpc) is 2.40. The minimum Gasteiger partial charge on any atom is -0.504 e. The number of aromatic nitrogens is 1. The van der Waals surface area contributed by atoms with E-state index in [1.165, 1.54) is 18.3 Å². The highest BCUT2D eigenvalue weighted by atomic mass is 19.1. The van der Waals surface area contributed by atoms with Crippen LogP contribution in [0.2, 0.25) is 0 Å². The van der Waals surface area contributed by atoms with E-state index in [2.05, 4.69) is 10.3 Å². The first kappa shape index (κ1) is 13.0. The molecule has 2 aromatic rings. The lowest BCUT2D eigenvalue weighted by Crippen LogP contribution is -2.13. The summed E-state index contributed by atoms with van der Waals surface area (Å²) in [6.45, 7) is 0. The fourth-order valence-corrected chi connectivity index (χ4v) is 1.64. The number of nitrogens with one attached hydrogen (secondary N) is 1. The van der Waals surface area contributed by atoms with Crippen molar-refractivity contribution in [1.82, 2.24) is 4.98 Å². The summed E-state index contributed by atoms with van der Waals surface area (Å²) in [6, 6.07) is 9.31. The molecule has 19 heavy (non-hydrogen) atoms. The van der Waals surface area contributed by atoms with Gasteiger partial charge in [-0.2, -0.15) is 0 Å². The Morgan fingerprint density at radius 2 is 2.05 bits per heavy atom. The van der Waals surface area contributed by atoms with Crippen molar-refractivity contribution in [2.75, 3.05) is 5.32 Å². The van der Waals surface area contributed by atoms with E-state index < -0.39 is 0 Å². The molecule has 0 fully saturated rings. The maximum Gasteiger partial charge on any atom is 0.225 e. The van der Waals surface area contributed by atoms with Crippen LogP contribution in [-0.4, -0.2) is 16.0 Å². The van der Waals surface area contributed by atoms with Crippen molar-refractivity contribution >= 4 is 11.7 Å². The van der Waals surface area contributed by atoms with Crippen LogP contribution in [0.25, 0.3) is 0 Å². The van der Waals surface area contributed by atoms with Gasteiger partial charge in [-0.15, -0.1) is 0 Å². The Kier molecular flexibility index (Phi) is 4.07. The summed E-state index contributed by atoms with van der Waals surface area (Å²) in [7, 11) is 0. The van der Waals surface area contributed by atoms with Crippen LogP contribution in [-0.2, 0) is 11.2 Å². The number of carbonyl (C=O) groups excluding carboxylic acids is 1. The second kappa shape index (κ2) is 5.95. The summed E-state index contributed by atoms with van der Waals surface area (Å²) >= 11 is 0. The first-order chi connectivity index (χ1) is 9.16. The lowest BCUT2D eigenvalue weighted by atomic mass is 10.1. The first-order valence-corrected chi connectivity index (χ1v) is 5.84. The second-order valence-electron chi connectivity index (χ2n) is 4.01. The van der Waals surface area contributed by atoms with Crippen molar-refractivity contribution in [2.45, 2.75) is 12.8 Å². The predicted octanol–water partition coefficient (Wildman–Crippen LogP) is 2.50. The monoisotopic (exact) mass is 260 g/mol. The minimum atomic E-state index is -0.323. The molecule has 4 nitrogen and oxygen atoms in total. The molecule has 1 aromatic heterocycles. The summed E-state index contributed by atoms with van der Waals surface area (Å²) in [5.74, 6) is -0.629. The lowest BCUT2D eigenvalue weighted by Gasteiger charge is -2.06. The van der Waals surface area contributed by atoms with Crippen molar-refractivity contribution in [1.29, 1.82) is 0 Å². The minimum absolute atomic E-state index is 0.0956. The number of nitrogens with zero attached hydrogens (tertiary/aromatic N) is 1. The number of aryl methyl sites for hydroxylation is 1. The standard InChI is InChI=1S/C14H13FN2O2/c15-11-5-2-1-4-10(11)7-8-13(19)17-14-12(18)6-3-9-16-14/h1-6,9,18H,7-8H2,(H,16,17,19). The normalized spacial score (nSPS) is 10.2. The third-order valence-corrected chi connectivity index (χ3v) is 2.62. The molecule has 0 unspecified atom stereocenters. The fraction of sp³-hybridized carbons (Fsp3) is 0.143. The van der Waals surface area contributed by atoms with Crippen molar-refractivity contribution in [3.05, 3.63) is 54.0 Å². The van der Waals surface area contributed by atoms with Gasteiger partial charge in [0.25, 0.3) is 0 Å². The smallest absolute Gasteiger partial charge is 0.225 e. The van der Waals surface area contributed by atoms with Crippen molar-refractivity contribution in [2.24, 2.45) is 0 Å². The molecule has 0 saturated carbocycles. The molecule has 5 heteroatoms. The summed E-state index contributed by atoms with van der Waals surface area (Å²) < 4.78 is 13.3. The molecule has 0 aliphatic rings. The maximum absolute atomic E-state index is 13.3. The highest BCUT2D eigenvalue weighted by Gasteiger charge is 2.08. The van der Waals surface area contributed by atoms with Crippen LogP contribution in [0.15, 0.2) is 42.6 Å². The summed E-state index contributed by atoms with van der Waals surface area (Å²) in [4.78, 5) is 15.5. The van der Waals surface area contributed by atoms with Gasteiger partial charge in [0.05, 0.1) is 0 Å². The van der Waals surface area contributed by atoms with Gasteiger partial charge >= 0.3 is 0 Å². The van der Waals surface area contributed by atoms with Gasteiger partial charge in [0.2, 0.25) is 5.91 Å². The number of carbonyl (C=O) groups is 1. The van der Waals surface area contributed by atoms with Gasteiger partial charge in [-0.1, -0.05) is 18.2 Å². The number of aromatic hydroxyl groups is 1. The number of rotatable bonds is 4. The quantitative estimate of drug-likeness (QED) is 0.887. The molecule has 1 heterocycles. The van der Waals surface area contributed by atoms with E-state index in [1.807, 2.05) is 0 Å². The van der Waals surface area contributed by atoms with E-state index in [0.29, 0.717) is 12.0 Å². The molecular formula is C14H13FN2O2. The Morgan fingerprint density at radius 1 is 1.26 bits per heavy atom. The Balaban J connectivity index is 1.92. The molecule has 0 saturated heterocycles. The second-order valence-corrected chi connectivity index (χ2v) is 4.01. The van der Waals surface area contributed by atoms with Crippen LogP contribution >= 0.6 is 0 Å². The van der Waals surface area contributed by atoms with Gasteiger partial charge in [0, 0.05) is 12.6 Å². The van der Waals surface area contributed by atoms with E-state index in [9.17, 15) is 14.3 Å². The molecule has 0 aliphatic heterocycles. The number of halogens is 1. The van der Waals surface area contributed by atoms with Crippen LogP contribution in [0.4, 0.5) is 10.2 Å². The van der Waals surface area contributed by atoms with Crippen LogP contribution in [0.1, 0.15) is 12.0 Å². The highest BCUT2D eigenvalue weighted by molar-refractivity contribution is 5.91. The molecule has 1 amide bonds. The summed E-state index contributed by atoms with van der Waals surface area (Å²) in [5.41, 5.74) is 0.489. The summed E-state index contributed by atoms with van der Waals surface area (Å²) in [6.07, 6.45) is 1.88. The average molecular weight is 260 g/mol. The van der Waals surface area contributed by atoms with E-state index in [4.69, 9.17) is 0 Å². The molecule has 0 spiro atoms. The van der Waals surface area contributed by atoms with Gasteiger partial charge in [0.1, 0.15) is 5.82 Å². The zero-order valence-corrected chi connectivity index (χ0v) is 10.1. The van der Waals surface area contributed by atoms with E-state index >= 15 is 0 Å². The van der Waals surface area contributed by atoms with Crippen LogP contribution in [0.3, 0.4) is 0 Å². The van der Waals surface area contributed by atoms with Crippen LogP contribution in [0, 0.1) is 5.82 Å². The molecule has 98 valence electrons. The van der Waals surface area contributed by atoms with Gasteiger partial charge in [-0.3, -0.25) is 4.79 Å². The Morgan fingerprint density at radius 3 is 2.79 bits per heavy atom. The van der Waals surface area contributed by atoms with Gasteiger partial charge in [-0.05, 0) is 30.2 Å². The Hall–Kier alpha value is -2.43. The summed E-state index contributed by atoms with van der Waals surface area (Å²) in [5, 5.41) is 11.9. The Labute approximate surface area is 109 Å². The lowest BCUT2D eigenvalue weighted by molar-refractivity contribution is -0.116. The van der Waals surface area contributed by atoms with Gasteiger partial charge in [0.15, 0.2) is 11.6 Å². The Bertz CT molecular complexity index is 587. The predicted molar refractivity (Wildman–Crippen MR) is 69.3 cm³/mol. The molecular weight excluding hydrogens is 247 g/mol. The van der Waals surface area contributed by atoms with Gasteiger partial charge < -0.3 is 10.4 Å². The van der Waals surface area contributed by atoms with Gasteiger partial charge in [-0.25, -0.2) is 9.37 Å². The zero-order valence-electron chi connectivity index (χ0n) is 10.1. The topological polar surface area (TPSA) is 62.2 Å². The number of amides is 1. The SMILES string of the molecule is O=C(CCc1ccccc1F)Nc1ncccc1O. The molecule has 0 atom stereocenters. The third-order valence-electron chi connectivity index (χ3n) is 2.62. The number of anilines is 1. The molecule has 1 aromatic carbocycles. The van der Waals surface area contributed by atoms with Crippen LogP contribution in [0.5, 0.6) is 5.75 Å². The van der Waals surface area contributed by atoms with Crippen molar-refractivity contribution < 1.29 is 14.3 Å². The van der Waals surface area contributed by atoms with Crippen LogP contribution < -0.4 is 5.32 Å². The van der Waals surface area contributed by atoms with E-state index in [0.717, 1.165) is 0 Å². The fourth-order valence-electron chi connectivity index (χ4n) is 1.64. The number of hydrogen-bond donors (Lipinski definition) is 2. The molecule has 2 N–H and O–H groups in total. The van der Waals surface area contributed by atoms with Crippen molar-refractivity contribution in [3.8, 4) is 5.75 Å². The largest absolute Gasteiger partial charge is 0.504 e. The van der Waals surface area contributed by atoms with Crippen molar-refractivity contribution in [3.63, 3.8) is 0 Å². The molecule has 0 bridgehead atoms. The molecule has 0 radical (unpaired) electrons. The maximum atomic E-state index is 13.3. The number of benzene rings is 1. The molecule has 2 rings (SSSR count). The zero-order chi connectivity index (χ0) is 13.7. The molecule has 0 aliphatic carbocycles. The number of hydrogen-bond acceptors (Lipinski definition) is 3. The third kappa shape index (κ3) is 3.51. The first-order valence-electron chi connectivity index (χ1n) is 5.84. The van der Waals surface area contributed by atoms with E-state index in [-0.39, 0.29) is 29.7 Å².